The van der Waals surface area contributed by atoms with E-state index in [9.17, 15) is 4.79 Å². The summed E-state index contributed by atoms with van der Waals surface area (Å²) in [6.45, 7) is 3.06. The van der Waals surface area contributed by atoms with Crippen molar-refractivity contribution in [3.05, 3.63) is 75.5 Å². The molecule has 1 aliphatic rings. The lowest BCUT2D eigenvalue weighted by molar-refractivity contribution is -0.123. The number of ether oxygens (including phenoxy) is 3. The van der Waals surface area contributed by atoms with Crippen molar-refractivity contribution in [1.29, 1.82) is 0 Å². The van der Waals surface area contributed by atoms with Crippen LogP contribution in [0.25, 0.3) is 0 Å². The van der Waals surface area contributed by atoms with Crippen molar-refractivity contribution < 1.29 is 19.0 Å². The highest BCUT2D eigenvalue weighted by Gasteiger charge is 2.32. The molecule has 0 radical (unpaired) electrons. The quantitative estimate of drug-likeness (QED) is 0.526. The van der Waals surface area contributed by atoms with Crippen molar-refractivity contribution in [3.8, 4) is 17.2 Å². The Bertz CT molecular complexity index is 1100. The Kier molecular flexibility index (Phi) is 7.20. The van der Waals surface area contributed by atoms with Crippen LogP contribution < -0.4 is 19.5 Å². The second kappa shape index (κ2) is 10.3. The lowest BCUT2D eigenvalue weighted by Gasteiger charge is -2.37. The summed E-state index contributed by atoms with van der Waals surface area (Å²) >= 11 is 1.70. The first-order valence-corrected chi connectivity index (χ1v) is 11.9. The first-order chi connectivity index (χ1) is 16.0. The highest BCUT2D eigenvalue weighted by Crippen LogP contribution is 2.42. The van der Waals surface area contributed by atoms with E-state index in [1.165, 1.54) is 10.4 Å². The number of carbonyl (C=O) groups is 1. The van der Waals surface area contributed by atoms with Gasteiger partial charge in [0.2, 0.25) is 5.91 Å². The van der Waals surface area contributed by atoms with Crippen molar-refractivity contribution in [2.45, 2.75) is 25.4 Å². The number of fused-ring (bicyclic) bond motifs is 1. The second-order valence-corrected chi connectivity index (χ2v) is 9.05. The third-order valence-electron chi connectivity index (χ3n) is 6.12. The van der Waals surface area contributed by atoms with E-state index in [1.807, 2.05) is 31.2 Å². The highest BCUT2D eigenvalue weighted by molar-refractivity contribution is 7.10. The fourth-order valence-corrected chi connectivity index (χ4v) is 5.40. The Morgan fingerprint density at radius 1 is 1.06 bits per heavy atom. The monoisotopic (exact) mass is 466 g/mol. The average molecular weight is 467 g/mol. The second-order valence-electron chi connectivity index (χ2n) is 8.08. The van der Waals surface area contributed by atoms with Crippen LogP contribution in [-0.2, 0) is 11.2 Å². The fraction of sp³-hybridized carbons (Fsp3) is 0.346. The predicted octanol–water partition coefficient (Wildman–Crippen LogP) is 4.60. The molecule has 174 valence electrons. The molecule has 2 atom stereocenters. The Morgan fingerprint density at radius 3 is 2.48 bits per heavy atom. The molecule has 0 saturated heterocycles. The molecule has 7 heteroatoms. The van der Waals surface area contributed by atoms with Gasteiger partial charge in [0.05, 0.1) is 40.0 Å². The molecule has 1 aromatic heterocycles. The summed E-state index contributed by atoms with van der Waals surface area (Å²) in [6.07, 6.45) is 0.840. The van der Waals surface area contributed by atoms with Gasteiger partial charge in [-0.1, -0.05) is 24.3 Å². The maximum atomic E-state index is 13.1. The SMILES string of the molecule is COc1cc2c(cc1OC)C(c1cccs1)N(CC(=O)NC(C)c1ccccc1OC)CC2. The van der Waals surface area contributed by atoms with Gasteiger partial charge in [-0.05, 0) is 54.1 Å². The third-order valence-corrected chi connectivity index (χ3v) is 7.04. The van der Waals surface area contributed by atoms with E-state index >= 15 is 0 Å². The highest BCUT2D eigenvalue weighted by atomic mass is 32.1. The summed E-state index contributed by atoms with van der Waals surface area (Å²) < 4.78 is 16.6. The molecule has 4 rings (SSSR count). The number of nitrogens with zero attached hydrogens (tertiary/aromatic N) is 1. The standard InChI is InChI=1S/C26H30N2O4S/c1-17(19-8-5-6-9-21(19)30-2)27-25(29)16-28-12-11-18-14-22(31-3)23(32-4)15-20(18)26(28)24-10-7-13-33-24/h5-10,13-15,17,26H,11-12,16H2,1-4H3,(H,27,29). The number of hydrogen-bond donors (Lipinski definition) is 1. The van der Waals surface area contributed by atoms with Crippen molar-refractivity contribution >= 4 is 17.2 Å². The van der Waals surface area contributed by atoms with Crippen LogP contribution in [0.5, 0.6) is 17.2 Å². The molecular weight excluding hydrogens is 436 g/mol. The first kappa shape index (κ1) is 23.1. The van der Waals surface area contributed by atoms with Crippen LogP contribution in [0, 0.1) is 0 Å². The zero-order valence-electron chi connectivity index (χ0n) is 19.5. The Hall–Kier alpha value is -3.03. The number of amides is 1. The molecule has 2 unspecified atom stereocenters. The largest absolute Gasteiger partial charge is 0.496 e. The molecule has 0 spiro atoms. The van der Waals surface area contributed by atoms with Crippen LogP contribution in [0.2, 0.25) is 0 Å². The smallest absolute Gasteiger partial charge is 0.234 e. The van der Waals surface area contributed by atoms with E-state index < -0.39 is 0 Å². The number of benzene rings is 2. The molecule has 0 bridgehead atoms. The molecule has 0 fully saturated rings. The van der Waals surface area contributed by atoms with Gasteiger partial charge in [-0.15, -0.1) is 11.3 Å². The zero-order chi connectivity index (χ0) is 23.4. The number of rotatable bonds is 8. The van der Waals surface area contributed by atoms with Gasteiger partial charge < -0.3 is 19.5 Å². The van der Waals surface area contributed by atoms with Crippen LogP contribution >= 0.6 is 11.3 Å². The molecule has 0 saturated carbocycles. The van der Waals surface area contributed by atoms with Gasteiger partial charge in [-0.25, -0.2) is 0 Å². The van der Waals surface area contributed by atoms with E-state index in [1.54, 1.807) is 32.7 Å². The van der Waals surface area contributed by atoms with E-state index in [2.05, 4.69) is 39.9 Å². The summed E-state index contributed by atoms with van der Waals surface area (Å²) in [7, 11) is 4.95. The topological polar surface area (TPSA) is 60.0 Å². The molecule has 6 nitrogen and oxygen atoms in total. The molecular formula is C26H30N2O4S. The lowest BCUT2D eigenvalue weighted by Crippen LogP contribution is -2.43. The Morgan fingerprint density at radius 2 is 1.79 bits per heavy atom. The Labute approximate surface area is 199 Å². The van der Waals surface area contributed by atoms with Gasteiger partial charge in [-0.2, -0.15) is 0 Å². The summed E-state index contributed by atoms with van der Waals surface area (Å²) in [6, 6.07) is 15.9. The summed E-state index contributed by atoms with van der Waals surface area (Å²) in [4.78, 5) is 16.6. The van der Waals surface area contributed by atoms with Crippen molar-refractivity contribution in [2.75, 3.05) is 34.4 Å². The number of thiophene rings is 1. The van der Waals surface area contributed by atoms with Crippen molar-refractivity contribution in [1.82, 2.24) is 10.2 Å². The predicted molar refractivity (Wildman–Crippen MR) is 131 cm³/mol. The van der Waals surface area contributed by atoms with Crippen molar-refractivity contribution in [2.24, 2.45) is 0 Å². The summed E-state index contributed by atoms with van der Waals surface area (Å²) in [5.74, 6) is 2.19. The van der Waals surface area contributed by atoms with E-state index in [0.29, 0.717) is 12.3 Å². The van der Waals surface area contributed by atoms with Gasteiger partial charge in [-0.3, -0.25) is 9.69 Å². The third kappa shape index (κ3) is 4.84. The van der Waals surface area contributed by atoms with Gasteiger partial charge in [0.15, 0.2) is 11.5 Å². The molecule has 2 aromatic carbocycles. The van der Waals surface area contributed by atoms with Gasteiger partial charge in [0, 0.05) is 17.0 Å². The Balaban J connectivity index is 1.58. The normalized spacial score (nSPS) is 16.5. The lowest BCUT2D eigenvalue weighted by atomic mass is 9.91. The number of para-hydroxylation sites is 1. The van der Waals surface area contributed by atoms with E-state index in [0.717, 1.165) is 35.6 Å². The number of nitrogens with one attached hydrogen (secondary N) is 1. The number of methoxy groups -OCH3 is 3. The van der Waals surface area contributed by atoms with Gasteiger partial charge >= 0.3 is 0 Å². The molecule has 1 N–H and O–H groups in total. The maximum absolute atomic E-state index is 13.1. The molecule has 1 amide bonds. The molecule has 1 aliphatic heterocycles. The number of carbonyl (C=O) groups excluding carboxylic acids is 1. The van der Waals surface area contributed by atoms with Gasteiger partial charge in [0.1, 0.15) is 5.75 Å². The fourth-order valence-electron chi connectivity index (χ4n) is 4.52. The van der Waals surface area contributed by atoms with Crippen LogP contribution in [0.15, 0.2) is 53.9 Å². The van der Waals surface area contributed by atoms with E-state index in [4.69, 9.17) is 14.2 Å². The molecule has 33 heavy (non-hydrogen) atoms. The minimum Gasteiger partial charge on any atom is -0.496 e. The minimum atomic E-state index is -0.157. The van der Waals surface area contributed by atoms with Crippen LogP contribution in [0.1, 0.15) is 40.6 Å². The molecule has 2 heterocycles. The first-order valence-electron chi connectivity index (χ1n) is 11.0. The average Bonchev–Trinajstić information content (AvgIpc) is 3.37. The molecule has 0 aliphatic carbocycles. The van der Waals surface area contributed by atoms with Crippen molar-refractivity contribution in [3.63, 3.8) is 0 Å². The summed E-state index contributed by atoms with van der Waals surface area (Å²) in [5.41, 5.74) is 3.35. The van der Waals surface area contributed by atoms with E-state index in [-0.39, 0.29) is 18.0 Å². The zero-order valence-corrected chi connectivity index (χ0v) is 20.3. The maximum Gasteiger partial charge on any atom is 0.234 e. The van der Waals surface area contributed by atoms with Crippen LogP contribution in [0.4, 0.5) is 0 Å². The summed E-state index contributed by atoms with van der Waals surface area (Å²) in [5, 5.41) is 5.22. The molecule has 3 aromatic rings. The van der Waals surface area contributed by atoms with Gasteiger partial charge in [0.25, 0.3) is 0 Å². The minimum absolute atomic E-state index is 0.0131. The van der Waals surface area contributed by atoms with Crippen LogP contribution in [-0.4, -0.2) is 45.2 Å². The number of hydrogen-bond acceptors (Lipinski definition) is 6. The van der Waals surface area contributed by atoms with Crippen LogP contribution in [0.3, 0.4) is 0 Å².